The monoisotopic (exact) mass is 937 g/mol. The van der Waals surface area contributed by atoms with Crippen molar-refractivity contribution < 1.29 is 17.7 Å². The molecule has 0 amide bonds. The Morgan fingerprint density at radius 2 is 0.391 bits per heavy atom. The molecular weight excluding hydrogens is 849 g/mol. The molecule has 4 aromatic rings. The predicted octanol–water partition coefficient (Wildman–Crippen LogP) is 16.4. The second kappa shape index (κ2) is 17.5. The highest BCUT2D eigenvalue weighted by Crippen LogP contribution is 2.46. The first-order valence-corrected chi connectivity index (χ1v) is 37.7. The number of fused-ring (bicyclic) bond motifs is 8. The predicted molar refractivity (Wildman–Crippen MR) is 288 cm³/mol. The van der Waals surface area contributed by atoms with Gasteiger partial charge in [-0.15, -0.1) is 0 Å². The van der Waals surface area contributed by atoms with Crippen LogP contribution in [0.15, 0.2) is 48.5 Å². The Hall–Kier alpha value is -3.05. The van der Waals surface area contributed by atoms with E-state index in [4.69, 9.17) is 17.7 Å². The fourth-order valence-electron chi connectivity index (χ4n) is 8.37. The molecule has 0 spiro atoms. The zero-order valence-corrected chi connectivity index (χ0v) is 49.1. The third-order valence-corrected chi connectivity index (χ3v) is 14.9. The Bertz CT molecular complexity index is 1930. The molecule has 0 N–H and O–H groups in total. The molecule has 0 fully saturated rings. The van der Waals surface area contributed by atoms with Gasteiger partial charge in [-0.25, -0.2) is 0 Å². The summed E-state index contributed by atoms with van der Waals surface area (Å²) in [6, 6.07) is 19.7. The lowest BCUT2D eigenvalue weighted by Crippen LogP contribution is -2.32. The van der Waals surface area contributed by atoms with Gasteiger partial charge in [0.15, 0.2) is 0 Å². The number of hydrogen-bond donors (Lipinski definition) is 0. The normalized spacial score (nSPS) is 14.6. The molecule has 64 heavy (non-hydrogen) atoms. The van der Waals surface area contributed by atoms with Crippen LogP contribution in [0.5, 0.6) is 23.0 Å². The molecule has 0 saturated heterocycles. The van der Waals surface area contributed by atoms with Crippen molar-refractivity contribution in [2.24, 2.45) is 0 Å². The minimum Gasteiger partial charge on any atom is -0.544 e. The van der Waals surface area contributed by atoms with E-state index >= 15 is 0 Å². The van der Waals surface area contributed by atoms with Crippen LogP contribution in [0, 0.1) is 0 Å². The second-order valence-electron chi connectivity index (χ2n) is 27.1. The Kier molecular flexibility index (Phi) is 14.2. The van der Waals surface area contributed by atoms with Gasteiger partial charge >= 0.3 is 0 Å². The summed E-state index contributed by atoms with van der Waals surface area (Å²) in [7, 11) is -8.48. The standard InChI is InChI=1S/C56H88O4Si4/c1-53(2,3)45-29-37-25-39-31-46(54(4,5)6)33-41(50(39)58-62(16,17)18)27-43-35-48(56(10,11)12)36-44(52(43)60-64(22,23)24)28-42-34-47(55(7,8)9)32-40(51(42)59-63(19,20)21)26-38(30-45)49(37)57-61(13,14)15/h29-36H,25-28H2,1-24H3. The average Bonchev–Trinajstić information content (AvgIpc) is 3.05. The fraction of sp³-hybridized carbons (Fsp3) is 0.571. The van der Waals surface area contributed by atoms with E-state index in [-0.39, 0.29) is 21.7 Å². The van der Waals surface area contributed by atoms with Crippen molar-refractivity contribution in [3.05, 3.63) is 115 Å². The Labute approximate surface area is 396 Å². The highest BCUT2D eigenvalue weighted by atomic mass is 28.4. The van der Waals surface area contributed by atoms with Crippen molar-refractivity contribution >= 4 is 33.3 Å². The van der Waals surface area contributed by atoms with Crippen molar-refractivity contribution in [3.63, 3.8) is 0 Å². The van der Waals surface area contributed by atoms with E-state index in [1.165, 1.54) is 66.8 Å². The summed E-state index contributed by atoms with van der Waals surface area (Å²) in [5.41, 5.74) is 14.8. The van der Waals surface area contributed by atoms with Crippen molar-refractivity contribution in [3.8, 4) is 23.0 Å². The summed E-state index contributed by atoms with van der Waals surface area (Å²) in [6.45, 7) is 56.0. The van der Waals surface area contributed by atoms with Gasteiger partial charge < -0.3 is 17.7 Å². The number of benzene rings is 4. The Morgan fingerprint density at radius 3 is 0.484 bits per heavy atom. The smallest absolute Gasteiger partial charge is 0.242 e. The van der Waals surface area contributed by atoms with Crippen molar-refractivity contribution in [1.82, 2.24) is 0 Å². The van der Waals surface area contributed by atoms with Gasteiger partial charge in [0.2, 0.25) is 33.3 Å². The molecule has 8 heteroatoms. The minimum atomic E-state index is -2.12. The first-order chi connectivity index (χ1) is 28.7. The van der Waals surface area contributed by atoms with Crippen LogP contribution in [0.4, 0.5) is 0 Å². The van der Waals surface area contributed by atoms with Crippen LogP contribution in [0.2, 0.25) is 78.6 Å². The van der Waals surface area contributed by atoms with Crippen molar-refractivity contribution in [1.29, 1.82) is 0 Å². The van der Waals surface area contributed by atoms with Gasteiger partial charge in [0.1, 0.15) is 23.0 Å². The Balaban J connectivity index is 2.11. The molecule has 0 atom stereocenters. The lowest BCUT2D eigenvalue weighted by Gasteiger charge is -2.33. The highest BCUT2D eigenvalue weighted by Gasteiger charge is 2.33. The van der Waals surface area contributed by atoms with Crippen LogP contribution in [-0.2, 0) is 47.3 Å². The van der Waals surface area contributed by atoms with E-state index in [0.29, 0.717) is 25.7 Å². The minimum absolute atomic E-state index is 0.0889. The molecule has 1 aliphatic carbocycles. The largest absolute Gasteiger partial charge is 0.544 e. The average molecular weight is 938 g/mol. The molecule has 0 saturated carbocycles. The summed E-state index contributed by atoms with van der Waals surface area (Å²) in [4.78, 5) is 0. The molecule has 5 rings (SSSR count). The molecule has 0 aliphatic heterocycles. The summed E-state index contributed by atoms with van der Waals surface area (Å²) in [5.74, 6) is 4.14. The number of rotatable bonds is 8. The summed E-state index contributed by atoms with van der Waals surface area (Å²) < 4.78 is 29.6. The molecule has 4 nitrogen and oxygen atoms in total. The summed E-state index contributed by atoms with van der Waals surface area (Å²) >= 11 is 0. The van der Waals surface area contributed by atoms with Crippen molar-refractivity contribution in [2.45, 2.75) is 209 Å². The van der Waals surface area contributed by atoms with E-state index in [2.05, 4.69) is 210 Å². The maximum atomic E-state index is 7.40. The quantitative estimate of drug-likeness (QED) is 0.145. The lowest BCUT2D eigenvalue weighted by molar-refractivity contribution is 0.523. The van der Waals surface area contributed by atoms with Crippen LogP contribution < -0.4 is 17.7 Å². The van der Waals surface area contributed by atoms with Gasteiger partial charge in [-0.3, -0.25) is 0 Å². The third kappa shape index (κ3) is 13.5. The molecule has 0 unspecified atom stereocenters. The molecule has 0 aromatic heterocycles. The maximum absolute atomic E-state index is 7.40. The van der Waals surface area contributed by atoms with Gasteiger partial charge in [-0.05, 0) is 167 Å². The van der Waals surface area contributed by atoms with Crippen LogP contribution >= 0.6 is 0 Å². The van der Waals surface area contributed by atoms with Crippen LogP contribution in [0.3, 0.4) is 0 Å². The maximum Gasteiger partial charge on any atom is 0.242 e. The van der Waals surface area contributed by atoms with E-state index in [1.54, 1.807) is 0 Å². The molecule has 1 aliphatic rings. The molecule has 0 radical (unpaired) electrons. The van der Waals surface area contributed by atoms with Gasteiger partial charge in [-0.2, -0.15) is 0 Å². The fourth-order valence-corrected chi connectivity index (χ4v) is 11.9. The third-order valence-electron chi connectivity index (χ3n) is 11.6. The Morgan fingerprint density at radius 1 is 0.266 bits per heavy atom. The first kappa shape index (κ1) is 51.9. The van der Waals surface area contributed by atoms with Gasteiger partial charge in [0, 0.05) is 25.7 Å². The van der Waals surface area contributed by atoms with Crippen LogP contribution in [0.25, 0.3) is 0 Å². The van der Waals surface area contributed by atoms with Gasteiger partial charge in [-0.1, -0.05) is 132 Å². The van der Waals surface area contributed by atoms with E-state index < -0.39 is 33.3 Å². The second-order valence-corrected chi connectivity index (χ2v) is 44.8. The molecular formula is C56H88O4Si4. The molecule has 8 bridgehead atoms. The number of hydrogen-bond acceptors (Lipinski definition) is 4. The van der Waals surface area contributed by atoms with E-state index in [9.17, 15) is 0 Å². The lowest BCUT2D eigenvalue weighted by atomic mass is 9.79. The molecule has 0 heterocycles. The zero-order chi connectivity index (χ0) is 48.6. The summed E-state index contributed by atoms with van der Waals surface area (Å²) in [6.07, 6.45) is 2.80. The molecule has 352 valence electrons. The van der Waals surface area contributed by atoms with Gasteiger partial charge in [0.05, 0.1) is 0 Å². The van der Waals surface area contributed by atoms with E-state index in [0.717, 1.165) is 23.0 Å². The molecule has 4 aromatic carbocycles. The zero-order valence-electron chi connectivity index (χ0n) is 45.1. The van der Waals surface area contributed by atoms with E-state index in [1.807, 2.05) is 0 Å². The van der Waals surface area contributed by atoms with Gasteiger partial charge in [0.25, 0.3) is 0 Å². The highest BCUT2D eigenvalue weighted by molar-refractivity contribution is 6.71. The topological polar surface area (TPSA) is 36.9 Å². The first-order valence-electron chi connectivity index (χ1n) is 24.1. The van der Waals surface area contributed by atoms with Crippen molar-refractivity contribution in [2.75, 3.05) is 0 Å². The summed E-state index contributed by atoms with van der Waals surface area (Å²) in [5, 5.41) is 0. The van der Waals surface area contributed by atoms with Crippen LogP contribution in [-0.4, -0.2) is 33.3 Å². The van der Waals surface area contributed by atoms with Crippen LogP contribution in [0.1, 0.15) is 150 Å². The SMILES string of the molecule is CC(C)(C)c1cc2c(O[Si](C)(C)C)c(c1)Cc1cc(C(C)(C)C)cc(c1O[Si](C)(C)C)Cc1cc(C(C)(C)C)cc(c1O[Si](C)(C)C)Cc1cc(C(C)(C)C)cc(c1O[Si](C)(C)C)C2.